The molecule has 0 radical (unpaired) electrons. The van der Waals surface area contributed by atoms with Crippen LogP contribution in [0.4, 0.5) is 11.4 Å². The van der Waals surface area contributed by atoms with Crippen LogP contribution in [0.3, 0.4) is 0 Å². The van der Waals surface area contributed by atoms with Crippen molar-refractivity contribution < 1.29 is 9.59 Å². The summed E-state index contributed by atoms with van der Waals surface area (Å²) >= 11 is 6.33. The van der Waals surface area contributed by atoms with E-state index in [1.807, 2.05) is 56.3 Å². The van der Waals surface area contributed by atoms with Crippen LogP contribution in [0.15, 0.2) is 48.5 Å². The molecule has 0 spiro atoms. The van der Waals surface area contributed by atoms with Gasteiger partial charge in [-0.25, -0.2) is 0 Å². The third-order valence-electron chi connectivity index (χ3n) is 5.27. The average Bonchev–Trinajstić information content (AvgIpc) is 3.28. The predicted octanol–water partition coefficient (Wildman–Crippen LogP) is 4.73. The van der Waals surface area contributed by atoms with Gasteiger partial charge in [0.15, 0.2) is 0 Å². The Morgan fingerprint density at radius 3 is 2.45 bits per heavy atom. The largest absolute Gasteiger partial charge is 0.371 e. The third kappa shape index (κ3) is 5.30. The first-order valence-electron chi connectivity index (χ1n) is 10.2. The smallest absolute Gasteiger partial charge is 0.253 e. The number of amides is 2. The molecule has 2 atom stereocenters. The van der Waals surface area contributed by atoms with Gasteiger partial charge < -0.3 is 15.5 Å². The fourth-order valence-electron chi connectivity index (χ4n) is 3.41. The van der Waals surface area contributed by atoms with Gasteiger partial charge in [0.25, 0.3) is 5.91 Å². The molecule has 5 nitrogen and oxygen atoms in total. The fraction of sp³-hybridized carbons (Fsp3) is 0.391. The number of benzene rings is 2. The fourth-order valence-corrected chi connectivity index (χ4v) is 3.61. The van der Waals surface area contributed by atoms with Crippen molar-refractivity contribution in [3.05, 3.63) is 59.7 Å². The van der Waals surface area contributed by atoms with Gasteiger partial charge in [-0.05, 0) is 49.9 Å². The van der Waals surface area contributed by atoms with Crippen molar-refractivity contribution in [2.75, 3.05) is 23.3 Å². The summed E-state index contributed by atoms with van der Waals surface area (Å²) in [6.45, 7) is 5.89. The van der Waals surface area contributed by atoms with Crippen molar-refractivity contribution in [1.29, 1.82) is 0 Å². The number of carbonyl (C=O) groups excluding carboxylic acids is 2. The van der Waals surface area contributed by atoms with E-state index in [0.29, 0.717) is 11.3 Å². The van der Waals surface area contributed by atoms with Crippen LogP contribution >= 0.6 is 11.6 Å². The van der Waals surface area contributed by atoms with Crippen molar-refractivity contribution in [3.63, 3.8) is 0 Å². The van der Waals surface area contributed by atoms with Gasteiger partial charge >= 0.3 is 0 Å². The summed E-state index contributed by atoms with van der Waals surface area (Å²) in [6, 6.07) is 14.8. The van der Waals surface area contributed by atoms with Crippen LogP contribution in [-0.2, 0) is 4.79 Å². The molecule has 2 unspecified atom stereocenters. The number of hydrogen-bond donors (Lipinski definition) is 2. The Balaban J connectivity index is 1.83. The zero-order chi connectivity index (χ0) is 20.8. The molecule has 2 aromatic carbocycles. The highest BCUT2D eigenvalue weighted by atomic mass is 35.5. The molecule has 2 aromatic rings. The molecule has 1 aliphatic heterocycles. The predicted molar refractivity (Wildman–Crippen MR) is 119 cm³/mol. The summed E-state index contributed by atoms with van der Waals surface area (Å²) < 4.78 is 0. The topological polar surface area (TPSA) is 61.4 Å². The molecule has 0 aliphatic carbocycles. The molecular weight excluding hydrogens is 386 g/mol. The number of carbonyl (C=O) groups is 2. The van der Waals surface area contributed by atoms with Crippen LogP contribution in [0, 0.1) is 0 Å². The summed E-state index contributed by atoms with van der Waals surface area (Å²) in [6.07, 6.45) is 3.10. The lowest BCUT2D eigenvalue weighted by Gasteiger charge is -2.23. The molecule has 1 saturated heterocycles. The lowest BCUT2D eigenvalue weighted by Crippen LogP contribution is -2.33. The Morgan fingerprint density at radius 1 is 1.10 bits per heavy atom. The second-order valence-corrected chi connectivity index (χ2v) is 7.91. The van der Waals surface area contributed by atoms with Crippen molar-refractivity contribution >= 4 is 34.8 Å². The van der Waals surface area contributed by atoms with Crippen LogP contribution in [0.2, 0.25) is 0 Å². The van der Waals surface area contributed by atoms with Crippen LogP contribution in [-0.4, -0.2) is 30.9 Å². The van der Waals surface area contributed by atoms with Gasteiger partial charge in [0.05, 0.1) is 5.56 Å². The van der Waals surface area contributed by atoms with Crippen molar-refractivity contribution in [2.24, 2.45) is 0 Å². The van der Waals surface area contributed by atoms with Gasteiger partial charge in [0, 0.05) is 30.5 Å². The first-order chi connectivity index (χ1) is 14.0. The number of alkyl halides is 1. The number of anilines is 2. The maximum absolute atomic E-state index is 12.9. The van der Waals surface area contributed by atoms with Gasteiger partial charge in [-0.15, -0.1) is 11.6 Å². The zero-order valence-corrected chi connectivity index (χ0v) is 17.7. The van der Waals surface area contributed by atoms with Crippen LogP contribution < -0.4 is 15.5 Å². The van der Waals surface area contributed by atoms with Gasteiger partial charge in [0.2, 0.25) is 5.91 Å². The normalized spacial score (nSPS) is 15.6. The second-order valence-electron chi connectivity index (χ2n) is 7.47. The lowest BCUT2D eigenvalue weighted by atomic mass is 10.1. The molecular formula is C23H28ClN3O2. The van der Waals surface area contributed by atoms with Gasteiger partial charge in [-0.1, -0.05) is 37.3 Å². The van der Waals surface area contributed by atoms with E-state index < -0.39 is 5.38 Å². The molecule has 154 valence electrons. The SMILES string of the molecule is CCC(C)NC(=O)c1cc(NC(=O)C(Cl)c2ccccc2)ccc1N1CCCC1. The van der Waals surface area contributed by atoms with Gasteiger partial charge in [0.1, 0.15) is 5.38 Å². The number of nitrogens with zero attached hydrogens (tertiary/aromatic N) is 1. The summed E-state index contributed by atoms with van der Waals surface area (Å²) in [5.74, 6) is -0.442. The Labute approximate surface area is 177 Å². The van der Waals surface area contributed by atoms with E-state index in [9.17, 15) is 9.59 Å². The average molecular weight is 414 g/mol. The molecule has 29 heavy (non-hydrogen) atoms. The summed E-state index contributed by atoms with van der Waals surface area (Å²) in [4.78, 5) is 27.7. The molecule has 0 aromatic heterocycles. The summed E-state index contributed by atoms with van der Waals surface area (Å²) in [5, 5.41) is 5.09. The summed E-state index contributed by atoms with van der Waals surface area (Å²) in [7, 11) is 0. The van der Waals surface area contributed by atoms with Gasteiger partial charge in [-0.2, -0.15) is 0 Å². The molecule has 1 fully saturated rings. The first kappa shape index (κ1) is 21.2. The standard InChI is InChI=1S/C23H28ClN3O2/c1-3-16(2)25-22(28)19-15-18(11-12-20(19)27-13-7-8-14-27)26-23(29)21(24)17-9-5-4-6-10-17/h4-6,9-12,15-16,21H,3,7-8,13-14H2,1-2H3,(H,25,28)(H,26,29). The number of rotatable bonds is 7. The number of nitrogens with one attached hydrogen (secondary N) is 2. The monoisotopic (exact) mass is 413 g/mol. The minimum absolute atomic E-state index is 0.0810. The van der Waals surface area contributed by atoms with Crippen molar-refractivity contribution in [2.45, 2.75) is 44.5 Å². The van der Waals surface area contributed by atoms with E-state index in [2.05, 4.69) is 15.5 Å². The van der Waals surface area contributed by atoms with Crippen molar-refractivity contribution in [3.8, 4) is 0 Å². The molecule has 1 aliphatic rings. The molecule has 1 heterocycles. The Hall–Kier alpha value is -2.53. The molecule has 3 rings (SSSR count). The molecule has 0 saturated carbocycles. The Morgan fingerprint density at radius 2 is 1.79 bits per heavy atom. The molecule has 2 N–H and O–H groups in total. The zero-order valence-electron chi connectivity index (χ0n) is 17.0. The highest BCUT2D eigenvalue weighted by Gasteiger charge is 2.22. The van der Waals surface area contributed by atoms with Crippen LogP contribution in [0.25, 0.3) is 0 Å². The molecule has 6 heteroatoms. The summed E-state index contributed by atoms with van der Waals surface area (Å²) in [5.41, 5.74) is 2.78. The van der Waals surface area contributed by atoms with E-state index in [4.69, 9.17) is 11.6 Å². The maximum Gasteiger partial charge on any atom is 0.253 e. The molecule has 2 amide bonds. The lowest BCUT2D eigenvalue weighted by molar-refractivity contribution is -0.116. The second kappa shape index (κ2) is 9.79. The third-order valence-corrected chi connectivity index (χ3v) is 5.72. The van der Waals surface area contributed by atoms with E-state index >= 15 is 0 Å². The van der Waals surface area contributed by atoms with E-state index in [0.717, 1.165) is 43.6 Å². The highest BCUT2D eigenvalue weighted by Crippen LogP contribution is 2.29. The number of hydrogen-bond acceptors (Lipinski definition) is 3. The van der Waals surface area contributed by atoms with Crippen LogP contribution in [0.5, 0.6) is 0 Å². The van der Waals surface area contributed by atoms with Gasteiger partial charge in [-0.3, -0.25) is 9.59 Å². The number of halogens is 1. The van der Waals surface area contributed by atoms with Crippen LogP contribution in [0.1, 0.15) is 54.4 Å². The minimum Gasteiger partial charge on any atom is -0.371 e. The maximum atomic E-state index is 12.9. The van der Waals surface area contributed by atoms with E-state index in [1.165, 1.54) is 0 Å². The first-order valence-corrected chi connectivity index (χ1v) is 10.6. The Bertz CT molecular complexity index is 850. The van der Waals surface area contributed by atoms with E-state index in [1.54, 1.807) is 6.07 Å². The van der Waals surface area contributed by atoms with Crippen molar-refractivity contribution in [1.82, 2.24) is 5.32 Å². The van der Waals surface area contributed by atoms with E-state index in [-0.39, 0.29) is 17.9 Å². The Kier molecular flexibility index (Phi) is 7.15. The quantitative estimate of drug-likeness (QED) is 0.645. The molecule has 0 bridgehead atoms. The highest BCUT2D eigenvalue weighted by molar-refractivity contribution is 6.32. The minimum atomic E-state index is -0.799.